The van der Waals surface area contributed by atoms with Gasteiger partial charge in [0.1, 0.15) is 12.4 Å². The fourth-order valence-electron chi connectivity index (χ4n) is 4.73. The van der Waals surface area contributed by atoms with Gasteiger partial charge in [0.05, 0.1) is 17.6 Å². The lowest BCUT2D eigenvalue weighted by atomic mass is 10.2. The zero-order chi connectivity index (χ0) is 27.7. The molecule has 0 radical (unpaired) electrons. The molecule has 1 aromatic heterocycles. The van der Waals surface area contributed by atoms with Crippen molar-refractivity contribution in [1.82, 2.24) is 20.7 Å². The van der Waals surface area contributed by atoms with Gasteiger partial charge < -0.3 is 19.0 Å². The average Bonchev–Trinajstić information content (AvgIpc) is 3.49. The first-order valence-electron chi connectivity index (χ1n) is 13.3. The van der Waals surface area contributed by atoms with Crippen LogP contribution in [-0.4, -0.2) is 74.2 Å². The van der Waals surface area contributed by atoms with Crippen LogP contribution in [0.3, 0.4) is 0 Å². The molecule has 3 aromatic rings. The highest BCUT2D eigenvalue weighted by Crippen LogP contribution is 2.48. The monoisotopic (exact) mass is 581 g/mol. The zero-order valence-electron chi connectivity index (χ0n) is 22.1. The van der Waals surface area contributed by atoms with Crippen molar-refractivity contribution in [3.05, 3.63) is 77.7 Å². The highest BCUT2D eigenvalue weighted by Gasteiger charge is 2.24. The lowest BCUT2D eigenvalue weighted by molar-refractivity contribution is -0.117. The third-order valence-corrected chi connectivity index (χ3v) is 8.14. The lowest BCUT2D eigenvalue weighted by Crippen LogP contribution is -2.48. The molecule has 0 bridgehead atoms. The van der Waals surface area contributed by atoms with Crippen molar-refractivity contribution in [2.24, 2.45) is 0 Å². The van der Waals surface area contributed by atoms with Gasteiger partial charge in [0.15, 0.2) is 0 Å². The van der Waals surface area contributed by atoms with Crippen LogP contribution in [0, 0.1) is 0 Å². The first-order chi connectivity index (χ1) is 19.5. The molecule has 3 heterocycles. The molecule has 210 valence electrons. The van der Waals surface area contributed by atoms with Gasteiger partial charge in [0.2, 0.25) is 0 Å². The van der Waals surface area contributed by atoms with E-state index in [-0.39, 0.29) is 6.61 Å². The Morgan fingerprint density at radius 1 is 0.925 bits per heavy atom. The molecule has 1 saturated heterocycles. The number of ether oxygens (including phenoxy) is 1. The molecule has 5 rings (SSSR count). The number of hydrogen-bond donors (Lipinski definition) is 2. The smallest absolute Gasteiger partial charge is 0.426 e. The van der Waals surface area contributed by atoms with Crippen LogP contribution in [0.25, 0.3) is 6.08 Å². The number of amides is 2. The Balaban J connectivity index is 0.984. The van der Waals surface area contributed by atoms with Crippen LogP contribution in [0.4, 0.5) is 16.2 Å². The molecule has 2 aliphatic heterocycles. The van der Waals surface area contributed by atoms with Crippen LogP contribution < -0.4 is 15.8 Å². The van der Waals surface area contributed by atoms with Gasteiger partial charge in [0.25, 0.3) is 5.91 Å². The summed E-state index contributed by atoms with van der Waals surface area (Å²) in [5, 5.41) is 0.754. The Hall–Kier alpha value is -3.44. The number of carbonyl (C=O) groups excluding carboxylic acids is 2. The molecule has 40 heavy (non-hydrogen) atoms. The van der Waals surface area contributed by atoms with Crippen LogP contribution in [0.15, 0.2) is 81.1 Å². The summed E-state index contributed by atoms with van der Waals surface area (Å²) in [6, 6.07) is 18.1. The molecule has 0 aliphatic carbocycles. The number of hydrazine groups is 1. The van der Waals surface area contributed by atoms with E-state index in [4.69, 9.17) is 20.8 Å². The standard InChI is InChI=1S/C29H32ClN5O4S/c30-22-8-10-27-25(21-22)35(24-6-1-2-7-26(24)40-27)13-4-12-33-14-16-34(17-15-33)18-20-39-29(37)32-31-28(36)11-9-23-5-3-19-38-23/h1-3,5-11,19,21H,4,12-18,20H2,(H,31,36)(H,32,37). The second-order valence-electron chi connectivity index (χ2n) is 9.47. The van der Waals surface area contributed by atoms with E-state index in [0.717, 1.165) is 50.7 Å². The van der Waals surface area contributed by atoms with Crippen LogP contribution in [0.5, 0.6) is 0 Å². The summed E-state index contributed by atoms with van der Waals surface area (Å²) in [5.41, 5.74) is 6.93. The molecule has 2 aromatic carbocycles. The van der Waals surface area contributed by atoms with Crippen LogP contribution in [0.2, 0.25) is 5.02 Å². The molecule has 11 heteroatoms. The minimum Gasteiger partial charge on any atom is -0.465 e. The summed E-state index contributed by atoms with van der Waals surface area (Å²) in [4.78, 5) is 33.3. The van der Waals surface area contributed by atoms with E-state index in [9.17, 15) is 9.59 Å². The summed E-state index contributed by atoms with van der Waals surface area (Å²) < 4.78 is 10.3. The average molecular weight is 582 g/mol. The van der Waals surface area contributed by atoms with Crippen molar-refractivity contribution >= 4 is 52.8 Å². The lowest BCUT2D eigenvalue weighted by Gasteiger charge is -2.36. The van der Waals surface area contributed by atoms with Gasteiger partial charge in [0, 0.05) is 60.2 Å². The molecule has 2 aliphatic rings. The molecule has 2 amide bonds. The molecule has 0 atom stereocenters. The minimum absolute atomic E-state index is 0.248. The van der Waals surface area contributed by atoms with Crippen LogP contribution in [0.1, 0.15) is 12.2 Å². The third kappa shape index (κ3) is 7.60. The summed E-state index contributed by atoms with van der Waals surface area (Å²) in [5.74, 6) is 0.0572. The summed E-state index contributed by atoms with van der Waals surface area (Å²) in [6.07, 6.45) is 4.62. The topological polar surface area (TPSA) is 90.3 Å². The van der Waals surface area contributed by atoms with Crippen LogP contribution >= 0.6 is 23.4 Å². The van der Waals surface area contributed by atoms with Gasteiger partial charge in [-0.25, -0.2) is 10.2 Å². The number of hydrogen-bond acceptors (Lipinski definition) is 8. The van der Waals surface area contributed by atoms with Crippen molar-refractivity contribution in [2.45, 2.75) is 16.2 Å². The van der Waals surface area contributed by atoms with E-state index in [0.29, 0.717) is 12.3 Å². The molecule has 0 unspecified atom stereocenters. The van der Waals surface area contributed by atoms with Gasteiger partial charge in [-0.1, -0.05) is 35.5 Å². The Kier molecular flexibility index (Phi) is 9.67. The zero-order valence-corrected chi connectivity index (χ0v) is 23.6. The summed E-state index contributed by atoms with van der Waals surface area (Å²) in [6.45, 7) is 6.61. The maximum atomic E-state index is 11.9. The molecule has 1 fully saturated rings. The van der Waals surface area contributed by atoms with Gasteiger partial charge >= 0.3 is 6.09 Å². The van der Waals surface area contributed by atoms with Crippen molar-refractivity contribution in [1.29, 1.82) is 0 Å². The normalized spacial score (nSPS) is 15.5. The van der Waals surface area contributed by atoms with Gasteiger partial charge in [-0.05, 0) is 61.5 Å². The third-order valence-electron chi connectivity index (χ3n) is 6.78. The van der Waals surface area contributed by atoms with Gasteiger partial charge in [-0.3, -0.25) is 15.1 Å². The minimum atomic E-state index is -0.695. The number of nitrogens with zero attached hydrogens (tertiary/aromatic N) is 3. The molecular formula is C29H32ClN5O4S. The summed E-state index contributed by atoms with van der Waals surface area (Å²) >= 11 is 8.14. The number of fused-ring (bicyclic) bond motifs is 2. The second-order valence-corrected chi connectivity index (χ2v) is 11.0. The number of benzene rings is 2. The second kappa shape index (κ2) is 13.8. The number of halogens is 1. The highest BCUT2D eigenvalue weighted by atomic mass is 35.5. The fourth-order valence-corrected chi connectivity index (χ4v) is 5.98. The van der Waals surface area contributed by atoms with E-state index >= 15 is 0 Å². The fraction of sp³-hybridized carbons (Fsp3) is 0.310. The quantitative estimate of drug-likeness (QED) is 0.269. The number of carbonyl (C=O) groups is 2. The Bertz CT molecular complexity index is 1330. The van der Waals surface area contributed by atoms with E-state index in [1.54, 1.807) is 23.9 Å². The van der Waals surface area contributed by atoms with E-state index in [2.05, 4.69) is 61.9 Å². The maximum absolute atomic E-state index is 11.9. The van der Waals surface area contributed by atoms with Gasteiger partial charge in [-0.2, -0.15) is 0 Å². The molecule has 0 saturated carbocycles. The number of rotatable bonds is 9. The Labute approximate surface area is 243 Å². The predicted octanol–water partition coefficient (Wildman–Crippen LogP) is 5.01. The van der Waals surface area contributed by atoms with Crippen molar-refractivity contribution in [2.75, 3.05) is 57.3 Å². The van der Waals surface area contributed by atoms with E-state index < -0.39 is 12.0 Å². The molecule has 2 N–H and O–H groups in total. The number of para-hydroxylation sites is 1. The first kappa shape index (κ1) is 28.1. The maximum Gasteiger partial charge on any atom is 0.426 e. The molecular weight excluding hydrogens is 550 g/mol. The van der Waals surface area contributed by atoms with Crippen molar-refractivity contribution in [3.63, 3.8) is 0 Å². The van der Waals surface area contributed by atoms with Gasteiger partial charge in [-0.15, -0.1) is 0 Å². The number of nitrogens with one attached hydrogen (secondary N) is 2. The predicted molar refractivity (Wildman–Crippen MR) is 157 cm³/mol. The highest BCUT2D eigenvalue weighted by molar-refractivity contribution is 7.99. The molecule has 0 spiro atoms. The number of furan rings is 1. The Morgan fingerprint density at radius 2 is 1.70 bits per heavy atom. The SMILES string of the molecule is O=C(C=Cc1ccco1)NNC(=O)OCCN1CCN(CCCN2c3ccccc3Sc3ccc(Cl)cc32)CC1. The van der Waals surface area contributed by atoms with E-state index in [1.165, 1.54) is 39.6 Å². The first-order valence-corrected chi connectivity index (χ1v) is 14.5. The summed E-state index contributed by atoms with van der Waals surface area (Å²) in [7, 11) is 0. The molecule has 9 nitrogen and oxygen atoms in total. The Morgan fingerprint density at radius 3 is 2.50 bits per heavy atom. The van der Waals surface area contributed by atoms with Crippen LogP contribution in [-0.2, 0) is 9.53 Å². The largest absolute Gasteiger partial charge is 0.465 e. The van der Waals surface area contributed by atoms with Crippen molar-refractivity contribution in [3.8, 4) is 0 Å². The van der Waals surface area contributed by atoms with E-state index in [1.807, 2.05) is 6.07 Å². The number of anilines is 2. The number of piperazine rings is 1. The van der Waals surface area contributed by atoms with Crippen molar-refractivity contribution < 1.29 is 18.7 Å².